The zero-order valence-corrected chi connectivity index (χ0v) is 17.7. The molecule has 156 valence electrons. The predicted octanol–water partition coefficient (Wildman–Crippen LogP) is 3.71. The van der Waals surface area contributed by atoms with Crippen LogP contribution in [0, 0.1) is 0 Å². The fraction of sp³-hybridized carbons (Fsp3) is 0.500. The van der Waals surface area contributed by atoms with E-state index in [0.717, 1.165) is 49.0 Å². The molecule has 7 heteroatoms. The van der Waals surface area contributed by atoms with Gasteiger partial charge in [-0.3, -0.25) is 0 Å². The standard InChI is InChI=1S/C22H31N5O2/c1-22(2,3)20-23-18(15-29-4)14-19(26-20)27-12-10-17(11-13-27)25-21(28)24-16-8-6-5-7-9-16/h5-9,14,17H,10-13,15H2,1-4H3,(H2,24,25,28). The van der Waals surface area contributed by atoms with Crippen molar-refractivity contribution in [3.63, 3.8) is 0 Å². The first-order valence-corrected chi connectivity index (χ1v) is 10.1. The molecule has 1 saturated heterocycles. The maximum absolute atomic E-state index is 12.2. The molecular weight excluding hydrogens is 366 g/mol. The number of para-hydroxylation sites is 1. The van der Waals surface area contributed by atoms with Gasteiger partial charge in [-0.2, -0.15) is 0 Å². The molecule has 2 N–H and O–H groups in total. The van der Waals surface area contributed by atoms with Gasteiger partial charge in [-0.25, -0.2) is 14.8 Å². The minimum absolute atomic E-state index is 0.131. The predicted molar refractivity (Wildman–Crippen MR) is 115 cm³/mol. The molecule has 0 saturated carbocycles. The van der Waals surface area contributed by atoms with Crippen molar-refractivity contribution in [1.29, 1.82) is 0 Å². The monoisotopic (exact) mass is 397 g/mol. The van der Waals surface area contributed by atoms with Gasteiger partial charge >= 0.3 is 6.03 Å². The molecule has 2 amide bonds. The first-order valence-electron chi connectivity index (χ1n) is 10.1. The first-order chi connectivity index (χ1) is 13.8. The number of nitrogens with zero attached hydrogens (tertiary/aromatic N) is 3. The fourth-order valence-corrected chi connectivity index (χ4v) is 3.33. The Kier molecular flexibility index (Phi) is 6.69. The molecule has 1 aliphatic rings. The molecule has 3 rings (SSSR count). The summed E-state index contributed by atoms with van der Waals surface area (Å²) in [6, 6.07) is 11.5. The molecule has 0 bridgehead atoms. The number of amides is 2. The molecule has 1 aromatic heterocycles. The lowest BCUT2D eigenvalue weighted by molar-refractivity contribution is 0.181. The third-order valence-corrected chi connectivity index (χ3v) is 4.91. The Morgan fingerprint density at radius 2 is 1.86 bits per heavy atom. The van der Waals surface area contributed by atoms with E-state index >= 15 is 0 Å². The van der Waals surface area contributed by atoms with Crippen LogP contribution in [0.2, 0.25) is 0 Å². The van der Waals surface area contributed by atoms with Crippen molar-refractivity contribution in [3.05, 3.63) is 47.9 Å². The van der Waals surface area contributed by atoms with Crippen molar-refractivity contribution in [3.8, 4) is 0 Å². The number of rotatable bonds is 5. The highest BCUT2D eigenvalue weighted by Gasteiger charge is 2.25. The molecule has 7 nitrogen and oxygen atoms in total. The van der Waals surface area contributed by atoms with Crippen molar-refractivity contribution in [1.82, 2.24) is 15.3 Å². The van der Waals surface area contributed by atoms with Crippen LogP contribution in [0.3, 0.4) is 0 Å². The summed E-state index contributed by atoms with van der Waals surface area (Å²) in [5.41, 5.74) is 1.56. The highest BCUT2D eigenvalue weighted by Crippen LogP contribution is 2.24. The highest BCUT2D eigenvalue weighted by molar-refractivity contribution is 5.89. The lowest BCUT2D eigenvalue weighted by Gasteiger charge is -2.34. The topological polar surface area (TPSA) is 79.4 Å². The molecule has 2 aromatic rings. The van der Waals surface area contributed by atoms with E-state index in [-0.39, 0.29) is 17.5 Å². The number of ether oxygens (including phenoxy) is 1. The number of urea groups is 1. The van der Waals surface area contributed by atoms with Gasteiger partial charge in [-0.1, -0.05) is 39.0 Å². The molecule has 0 unspecified atom stereocenters. The Morgan fingerprint density at radius 1 is 1.17 bits per heavy atom. The lowest BCUT2D eigenvalue weighted by Crippen LogP contribution is -2.46. The van der Waals surface area contributed by atoms with E-state index in [1.807, 2.05) is 36.4 Å². The van der Waals surface area contributed by atoms with E-state index in [9.17, 15) is 4.79 Å². The van der Waals surface area contributed by atoms with Gasteiger partial charge in [0.05, 0.1) is 12.3 Å². The number of nitrogens with one attached hydrogen (secondary N) is 2. The molecule has 29 heavy (non-hydrogen) atoms. The minimum Gasteiger partial charge on any atom is -0.378 e. The lowest BCUT2D eigenvalue weighted by atomic mass is 9.95. The van der Waals surface area contributed by atoms with Crippen molar-refractivity contribution in [2.24, 2.45) is 0 Å². The number of hydrogen-bond donors (Lipinski definition) is 2. The molecule has 1 aromatic carbocycles. The summed E-state index contributed by atoms with van der Waals surface area (Å²) in [5.74, 6) is 1.76. The van der Waals surface area contributed by atoms with Crippen LogP contribution < -0.4 is 15.5 Å². The van der Waals surface area contributed by atoms with E-state index in [2.05, 4.69) is 41.3 Å². The van der Waals surface area contributed by atoms with Gasteiger partial charge in [0, 0.05) is 43.4 Å². The van der Waals surface area contributed by atoms with Gasteiger partial charge in [0.1, 0.15) is 11.6 Å². The summed E-state index contributed by atoms with van der Waals surface area (Å²) in [6.45, 7) is 8.49. The van der Waals surface area contributed by atoms with Crippen molar-refractivity contribution < 1.29 is 9.53 Å². The van der Waals surface area contributed by atoms with Crippen LogP contribution in [0.15, 0.2) is 36.4 Å². The quantitative estimate of drug-likeness (QED) is 0.804. The number of benzene rings is 1. The Labute approximate surface area is 172 Å². The van der Waals surface area contributed by atoms with E-state index in [1.54, 1.807) is 7.11 Å². The summed E-state index contributed by atoms with van der Waals surface area (Å²) in [5, 5.41) is 5.96. The van der Waals surface area contributed by atoms with Gasteiger partial charge in [0.25, 0.3) is 0 Å². The highest BCUT2D eigenvalue weighted by atomic mass is 16.5. The van der Waals surface area contributed by atoms with Gasteiger partial charge in [-0.05, 0) is 25.0 Å². The van der Waals surface area contributed by atoms with Gasteiger partial charge < -0.3 is 20.3 Å². The molecular formula is C22H31N5O2. The van der Waals surface area contributed by atoms with Crippen molar-refractivity contribution in [2.45, 2.75) is 51.7 Å². The van der Waals surface area contributed by atoms with E-state index in [0.29, 0.717) is 6.61 Å². The molecule has 0 radical (unpaired) electrons. The average molecular weight is 398 g/mol. The normalized spacial score (nSPS) is 15.2. The average Bonchev–Trinajstić information content (AvgIpc) is 2.68. The zero-order chi connectivity index (χ0) is 20.9. The number of carbonyl (C=O) groups excluding carboxylic acids is 1. The Morgan fingerprint density at radius 3 is 2.48 bits per heavy atom. The van der Waals surface area contributed by atoms with Crippen LogP contribution in [0.4, 0.5) is 16.3 Å². The largest absolute Gasteiger partial charge is 0.378 e. The van der Waals surface area contributed by atoms with E-state index in [1.165, 1.54) is 0 Å². The number of carbonyl (C=O) groups is 1. The zero-order valence-electron chi connectivity index (χ0n) is 17.7. The Balaban J connectivity index is 1.60. The third-order valence-electron chi connectivity index (χ3n) is 4.91. The minimum atomic E-state index is -0.158. The maximum atomic E-state index is 12.2. The van der Waals surface area contributed by atoms with Crippen LogP contribution in [-0.4, -0.2) is 42.2 Å². The third kappa shape index (κ3) is 5.90. The molecule has 2 heterocycles. The summed E-state index contributed by atoms with van der Waals surface area (Å²) >= 11 is 0. The molecule has 1 fully saturated rings. The second-order valence-corrected chi connectivity index (χ2v) is 8.45. The van der Waals surface area contributed by atoms with E-state index < -0.39 is 0 Å². The molecule has 0 aliphatic carbocycles. The Bertz CT molecular complexity index is 812. The van der Waals surface area contributed by atoms with E-state index in [4.69, 9.17) is 9.72 Å². The van der Waals surface area contributed by atoms with Gasteiger partial charge in [0.2, 0.25) is 0 Å². The number of methoxy groups -OCH3 is 1. The Hall–Kier alpha value is -2.67. The van der Waals surface area contributed by atoms with Crippen LogP contribution in [-0.2, 0) is 16.8 Å². The van der Waals surface area contributed by atoms with Crippen LogP contribution in [0.1, 0.15) is 45.1 Å². The molecule has 0 spiro atoms. The van der Waals surface area contributed by atoms with Crippen molar-refractivity contribution >= 4 is 17.5 Å². The number of anilines is 2. The SMILES string of the molecule is COCc1cc(N2CCC(NC(=O)Nc3ccccc3)CC2)nc(C(C)(C)C)n1. The van der Waals surface area contributed by atoms with Gasteiger partial charge in [0.15, 0.2) is 0 Å². The smallest absolute Gasteiger partial charge is 0.319 e. The molecule has 1 aliphatic heterocycles. The van der Waals surface area contributed by atoms with Crippen LogP contribution >= 0.6 is 0 Å². The fourth-order valence-electron chi connectivity index (χ4n) is 3.33. The summed E-state index contributed by atoms with van der Waals surface area (Å²) in [7, 11) is 1.68. The van der Waals surface area contributed by atoms with Crippen LogP contribution in [0.25, 0.3) is 0 Å². The molecule has 0 atom stereocenters. The second kappa shape index (κ2) is 9.22. The second-order valence-electron chi connectivity index (χ2n) is 8.45. The van der Waals surface area contributed by atoms with Crippen LogP contribution in [0.5, 0.6) is 0 Å². The number of piperidine rings is 1. The maximum Gasteiger partial charge on any atom is 0.319 e. The summed E-state index contributed by atoms with van der Waals surface area (Å²) < 4.78 is 5.28. The van der Waals surface area contributed by atoms with Gasteiger partial charge in [-0.15, -0.1) is 0 Å². The summed E-state index contributed by atoms with van der Waals surface area (Å²) in [4.78, 5) is 24.0. The summed E-state index contributed by atoms with van der Waals surface area (Å²) in [6.07, 6.45) is 1.74. The number of aromatic nitrogens is 2. The van der Waals surface area contributed by atoms with Crippen molar-refractivity contribution in [2.75, 3.05) is 30.4 Å². The number of hydrogen-bond acceptors (Lipinski definition) is 5. The first kappa shape index (κ1) is 21.0.